The van der Waals surface area contributed by atoms with E-state index in [1.54, 1.807) is 13.0 Å². The largest absolute Gasteiger partial charge is 0.507 e. The van der Waals surface area contributed by atoms with Crippen molar-refractivity contribution in [3.63, 3.8) is 0 Å². The molecule has 1 aromatic carbocycles. The third kappa shape index (κ3) is 2.88. The van der Waals surface area contributed by atoms with Crippen LogP contribution in [-0.4, -0.2) is 36.1 Å². The number of nitriles is 1. The summed E-state index contributed by atoms with van der Waals surface area (Å²) in [5.41, 5.74) is 0.169. The molecule has 0 saturated heterocycles. The molecular weight excluding hydrogens is 220 g/mol. The monoisotopic (exact) mass is 234 g/mol. The number of benzene rings is 1. The minimum absolute atomic E-state index is 0.000796. The van der Waals surface area contributed by atoms with Gasteiger partial charge in [-0.25, -0.2) is 0 Å². The number of phenolic OH excluding ortho intramolecular Hbond substituents is 1. The number of amides is 1. The highest BCUT2D eigenvalue weighted by Crippen LogP contribution is 2.24. The van der Waals surface area contributed by atoms with Crippen LogP contribution in [0.3, 0.4) is 0 Å². The van der Waals surface area contributed by atoms with Gasteiger partial charge in [-0.1, -0.05) is 0 Å². The Bertz CT molecular complexity index is 452. The molecule has 0 fully saturated rings. The summed E-state index contributed by atoms with van der Waals surface area (Å²) < 4.78 is 4.93. The van der Waals surface area contributed by atoms with Crippen LogP contribution in [0, 0.1) is 11.3 Å². The van der Waals surface area contributed by atoms with Gasteiger partial charge in [-0.15, -0.1) is 0 Å². The van der Waals surface area contributed by atoms with Crippen LogP contribution in [0.25, 0.3) is 0 Å². The molecule has 5 heteroatoms. The van der Waals surface area contributed by atoms with Gasteiger partial charge in [0, 0.05) is 12.6 Å². The smallest absolute Gasteiger partial charge is 0.258 e. The van der Waals surface area contributed by atoms with E-state index in [4.69, 9.17) is 10.00 Å². The Hall–Kier alpha value is -2.22. The van der Waals surface area contributed by atoms with Crippen molar-refractivity contribution in [3.8, 4) is 17.6 Å². The van der Waals surface area contributed by atoms with Gasteiger partial charge in [0.25, 0.3) is 5.91 Å². The lowest BCUT2D eigenvalue weighted by Crippen LogP contribution is -2.31. The zero-order valence-electron chi connectivity index (χ0n) is 9.80. The van der Waals surface area contributed by atoms with Gasteiger partial charge in [-0.2, -0.15) is 5.26 Å². The molecular formula is C12H14N2O3. The minimum Gasteiger partial charge on any atom is -0.507 e. The summed E-state index contributed by atoms with van der Waals surface area (Å²) in [5, 5.41) is 18.3. The van der Waals surface area contributed by atoms with E-state index in [2.05, 4.69) is 0 Å². The molecule has 1 aromatic rings. The van der Waals surface area contributed by atoms with Crippen molar-refractivity contribution >= 4 is 5.91 Å². The molecule has 1 amide bonds. The molecule has 17 heavy (non-hydrogen) atoms. The molecule has 5 nitrogen and oxygen atoms in total. The molecule has 1 rings (SSSR count). The quantitative estimate of drug-likeness (QED) is 0.799. The number of carbonyl (C=O) groups is 1. The first-order valence-electron chi connectivity index (χ1n) is 5.17. The summed E-state index contributed by atoms with van der Waals surface area (Å²) in [4.78, 5) is 13.3. The van der Waals surface area contributed by atoms with Gasteiger partial charge in [-0.3, -0.25) is 4.79 Å². The number of methoxy groups -OCH3 is 1. The highest BCUT2D eigenvalue weighted by atomic mass is 16.5. The summed E-state index contributed by atoms with van der Waals surface area (Å²) in [5.74, 6) is -0.0395. The minimum atomic E-state index is -0.366. The van der Waals surface area contributed by atoms with E-state index in [9.17, 15) is 9.90 Å². The molecule has 90 valence electrons. The number of hydrogen-bond acceptors (Lipinski definition) is 4. The van der Waals surface area contributed by atoms with E-state index in [-0.39, 0.29) is 23.8 Å². The van der Waals surface area contributed by atoms with Gasteiger partial charge in [0.15, 0.2) is 0 Å². The fraction of sp³-hybridized carbons (Fsp3) is 0.333. The van der Waals surface area contributed by atoms with Crippen LogP contribution >= 0.6 is 0 Å². The van der Waals surface area contributed by atoms with Crippen molar-refractivity contribution in [1.29, 1.82) is 5.26 Å². The second-order valence-electron chi connectivity index (χ2n) is 3.36. The third-order valence-electron chi connectivity index (χ3n) is 2.37. The lowest BCUT2D eigenvalue weighted by molar-refractivity contribution is 0.0781. The van der Waals surface area contributed by atoms with Crippen molar-refractivity contribution in [1.82, 2.24) is 4.90 Å². The Balaban J connectivity index is 3.00. The first kappa shape index (κ1) is 12.8. The standard InChI is InChI=1S/C12H14N2O3/c1-3-14(7-6-13)12(16)10-5-4-9(17-2)8-11(10)15/h4-5,8,15H,3,7H2,1-2H3. The van der Waals surface area contributed by atoms with E-state index >= 15 is 0 Å². The van der Waals surface area contributed by atoms with Crippen molar-refractivity contribution < 1.29 is 14.6 Å². The Morgan fingerprint density at radius 1 is 1.59 bits per heavy atom. The SMILES string of the molecule is CCN(CC#N)C(=O)c1ccc(OC)cc1O. The Kier molecular flexibility index (Phi) is 4.35. The summed E-state index contributed by atoms with van der Waals surface area (Å²) >= 11 is 0. The Morgan fingerprint density at radius 3 is 2.76 bits per heavy atom. The van der Waals surface area contributed by atoms with Crippen molar-refractivity contribution in [2.45, 2.75) is 6.92 Å². The van der Waals surface area contributed by atoms with Crippen LogP contribution in [-0.2, 0) is 0 Å². The van der Waals surface area contributed by atoms with Gasteiger partial charge >= 0.3 is 0 Å². The average Bonchev–Trinajstić information content (AvgIpc) is 2.35. The second kappa shape index (κ2) is 5.75. The summed E-state index contributed by atoms with van der Waals surface area (Å²) in [6.45, 7) is 2.19. The number of rotatable bonds is 4. The van der Waals surface area contributed by atoms with Crippen LogP contribution in [0.1, 0.15) is 17.3 Å². The Morgan fingerprint density at radius 2 is 2.29 bits per heavy atom. The molecule has 0 aromatic heterocycles. The first-order valence-corrected chi connectivity index (χ1v) is 5.17. The highest BCUT2D eigenvalue weighted by Gasteiger charge is 2.17. The number of phenols is 1. The molecule has 0 aliphatic heterocycles. The van der Waals surface area contributed by atoms with E-state index < -0.39 is 0 Å². The van der Waals surface area contributed by atoms with Gasteiger partial charge in [0.05, 0.1) is 18.7 Å². The van der Waals surface area contributed by atoms with E-state index in [0.29, 0.717) is 12.3 Å². The number of ether oxygens (including phenoxy) is 1. The zero-order chi connectivity index (χ0) is 12.8. The van der Waals surface area contributed by atoms with E-state index in [1.165, 1.54) is 24.1 Å². The molecule has 0 atom stereocenters. The maximum absolute atomic E-state index is 12.0. The number of carbonyl (C=O) groups excluding carboxylic acids is 1. The van der Waals surface area contributed by atoms with E-state index in [0.717, 1.165) is 0 Å². The van der Waals surface area contributed by atoms with Crippen molar-refractivity contribution in [3.05, 3.63) is 23.8 Å². The number of nitrogens with zero attached hydrogens (tertiary/aromatic N) is 2. The summed E-state index contributed by atoms with van der Waals surface area (Å²) in [6.07, 6.45) is 0. The van der Waals surface area contributed by atoms with Gasteiger partial charge in [0.2, 0.25) is 0 Å². The zero-order valence-corrected chi connectivity index (χ0v) is 9.80. The number of hydrogen-bond donors (Lipinski definition) is 1. The van der Waals surface area contributed by atoms with Crippen molar-refractivity contribution in [2.75, 3.05) is 20.2 Å². The average molecular weight is 234 g/mol. The van der Waals surface area contributed by atoms with Crippen LogP contribution in [0.2, 0.25) is 0 Å². The molecule has 0 unspecified atom stereocenters. The Labute approximate surface area is 99.8 Å². The summed E-state index contributed by atoms with van der Waals surface area (Å²) in [7, 11) is 1.48. The molecule has 0 aliphatic rings. The fourth-order valence-electron chi connectivity index (χ4n) is 1.40. The molecule has 0 saturated carbocycles. The van der Waals surface area contributed by atoms with Gasteiger partial charge in [-0.05, 0) is 19.1 Å². The fourth-order valence-corrected chi connectivity index (χ4v) is 1.40. The topological polar surface area (TPSA) is 73.6 Å². The molecule has 1 N–H and O–H groups in total. The third-order valence-corrected chi connectivity index (χ3v) is 2.37. The van der Waals surface area contributed by atoms with Crippen molar-refractivity contribution in [2.24, 2.45) is 0 Å². The first-order chi connectivity index (χ1) is 8.13. The molecule has 0 bridgehead atoms. The maximum atomic E-state index is 12.0. The molecule has 0 heterocycles. The van der Waals surface area contributed by atoms with Crippen LogP contribution < -0.4 is 4.74 Å². The predicted molar refractivity (Wildman–Crippen MR) is 61.8 cm³/mol. The maximum Gasteiger partial charge on any atom is 0.258 e. The van der Waals surface area contributed by atoms with Crippen LogP contribution in [0.4, 0.5) is 0 Å². The summed E-state index contributed by atoms with van der Waals surface area (Å²) in [6, 6.07) is 6.35. The lowest BCUT2D eigenvalue weighted by Gasteiger charge is -2.17. The highest BCUT2D eigenvalue weighted by molar-refractivity contribution is 5.97. The normalized spacial score (nSPS) is 9.47. The second-order valence-corrected chi connectivity index (χ2v) is 3.36. The van der Waals surface area contributed by atoms with Gasteiger partial charge < -0.3 is 14.7 Å². The lowest BCUT2D eigenvalue weighted by atomic mass is 10.1. The number of aromatic hydroxyl groups is 1. The molecule has 0 spiro atoms. The molecule has 0 aliphatic carbocycles. The van der Waals surface area contributed by atoms with Crippen LogP contribution in [0.5, 0.6) is 11.5 Å². The predicted octanol–water partition coefficient (Wildman–Crippen LogP) is 1.39. The van der Waals surface area contributed by atoms with E-state index in [1.807, 2.05) is 6.07 Å². The van der Waals surface area contributed by atoms with Crippen LogP contribution in [0.15, 0.2) is 18.2 Å². The molecule has 0 radical (unpaired) electrons. The van der Waals surface area contributed by atoms with Gasteiger partial charge in [0.1, 0.15) is 18.0 Å².